The minimum absolute atomic E-state index is 0.00560. The first-order valence-electron chi connectivity index (χ1n) is 20.2. The molecule has 2 aliphatic rings. The normalized spacial score (nSPS) is 16.5. The standard InChI is InChI=1S/C46H54FN5O7/c1-29(51(5)45(57)59-46(2,3)4)42(54)50-39(17-10-11-23-49-44(56)58-28-38-36-15-8-6-13-34(36)35-14-7-9-16-37(35)38)43(55)52-24-12-18-40(52)31-25-32(27-48-26-31)41(53)30-19-21-33(47)22-20-30/h6-9,13-16,19-22,25-27,29,38-40,44,49,56H,10-12,17-18,23-24,28H2,1-5H3,(H,50,54). The lowest BCUT2D eigenvalue weighted by molar-refractivity contribution is -0.138. The van der Waals surface area contributed by atoms with Crippen LogP contribution in [0.5, 0.6) is 0 Å². The third-order valence-electron chi connectivity index (χ3n) is 10.9. The van der Waals surface area contributed by atoms with Crippen molar-refractivity contribution in [2.45, 2.75) is 95.9 Å². The zero-order valence-electron chi connectivity index (χ0n) is 34.3. The average Bonchev–Trinajstić information content (AvgIpc) is 3.84. The van der Waals surface area contributed by atoms with Gasteiger partial charge < -0.3 is 24.8 Å². The number of aromatic nitrogens is 1. The van der Waals surface area contributed by atoms with Crippen molar-refractivity contribution in [3.8, 4) is 11.1 Å². The first kappa shape index (κ1) is 43.1. The molecule has 2 heterocycles. The molecule has 4 atom stereocenters. The number of nitrogens with zero attached hydrogens (tertiary/aromatic N) is 3. The van der Waals surface area contributed by atoms with Crippen molar-refractivity contribution in [1.29, 1.82) is 0 Å². The molecular formula is C46H54FN5O7. The van der Waals surface area contributed by atoms with Crippen molar-refractivity contribution < 1.29 is 38.1 Å². The maximum Gasteiger partial charge on any atom is 0.410 e. The summed E-state index contributed by atoms with van der Waals surface area (Å²) < 4.78 is 24.9. The Morgan fingerprint density at radius 1 is 0.949 bits per heavy atom. The predicted octanol–water partition coefficient (Wildman–Crippen LogP) is 6.72. The number of hydrogen-bond donors (Lipinski definition) is 3. The molecule has 3 aromatic carbocycles. The number of ketones is 1. The number of likely N-dealkylation sites (N-methyl/N-ethyl adjacent to an activating group) is 1. The van der Waals surface area contributed by atoms with Gasteiger partial charge in [-0.05, 0) is 124 Å². The lowest BCUT2D eigenvalue weighted by Crippen LogP contribution is -2.54. The number of carbonyl (C=O) groups is 4. The van der Waals surface area contributed by atoms with Crippen molar-refractivity contribution in [1.82, 2.24) is 25.4 Å². The highest BCUT2D eigenvalue weighted by atomic mass is 19.1. The van der Waals surface area contributed by atoms with Crippen LogP contribution in [0.15, 0.2) is 91.3 Å². The number of amides is 3. The number of rotatable bonds is 16. The van der Waals surface area contributed by atoms with Crippen molar-refractivity contribution in [2.24, 2.45) is 0 Å². The number of likely N-dealkylation sites (tertiary alicyclic amines) is 1. The van der Waals surface area contributed by atoms with Crippen molar-refractivity contribution in [3.05, 3.63) is 125 Å². The second-order valence-corrected chi connectivity index (χ2v) is 16.2. The highest BCUT2D eigenvalue weighted by molar-refractivity contribution is 6.08. The number of halogens is 1. The highest BCUT2D eigenvalue weighted by Crippen LogP contribution is 2.44. The molecule has 59 heavy (non-hydrogen) atoms. The summed E-state index contributed by atoms with van der Waals surface area (Å²) >= 11 is 0. The van der Waals surface area contributed by atoms with Gasteiger partial charge in [0, 0.05) is 43.0 Å². The summed E-state index contributed by atoms with van der Waals surface area (Å²) in [4.78, 5) is 61.4. The van der Waals surface area contributed by atoms with E-state index in [4.69, 9.17) is 9.47 Å². The highest BCUT2D eigenvalue weighted by Gasteiger charge is 2.37. The van der Waals surface area contributed by atoms with Gasteiger partial charge in [-0.3, -0.25) is 29.6 Å². The minimum atomic E-state index is -1.21. The Bertz CT molecular complexity index is 2080. The Balaban J connectivity index is 1.09. The van der Waals surface area contributed by atoms with E-state index in [0.717, 1.165) is 11.1 Å². The van der Waals surface area contributed by atoms with Crippen LogP contribution < -0.4 is 10.6 Å². The summed E-state index contributed by atoms with van der Waals surface area (Å²) in [5.41, 5.74) is 5.20. The predicted molar refractivity (Wildman–Crippen MR) is 221 cm³/mol. The Hall–Kier alpha value is -5.50. The minimum Gasteiger partial charge on any atom is -0.444 e. The third kappa shape index (κ3) is 10.6. The van der Waals surface area contributed by atoms with E-state index in [1.165, 1.54) is 53.5 Å². The molecule has 6 rings (SSSR count). The number of nitrogens with one attached hydrogen (secondary N) is 2. The third-order valence-corrected chi connectivity index (χ3v) is 10.9. The van der Waals surface area contributed by atoms with Gasteiger partial charge in [0.05, 0.1) is 12.6 Å². The van der Waals surface area contributed by atoms with Crippen LogP contribution in [-0.2, 0) is 19.1 Å². The molecule has 0 saturated carbocycles. The zero-order valence-corrected chi connectivity index (χ0v) is 34.3. The van der Waals surface area contributed by atoms with Crippen LogP contribution in [0, 0.1) is 5.82 Å². The monoisotopic (exact) mass is 807 g/mol. The Morgan fingerprint density at radius 3 is 2.27 bits per heavy atom. The molecule has 3 N–H and O–H groups in total. The van der Waals surface area contributed by atoms with E-state index in [-0.39, 0.29) is 30.6 Å². The number of pyridine rings is 1. The van der Waals surface area contributed by atoms with Crippen LogP contribution >= 0.6 is 0 Å². The Morgan fingerprint density at radius 2 is 1.61 bits per heavy atom. The molecule has 12 nitrogen and oxygen atoms in total. The van der Waals surface area contributed by atoms with E-state index in [2.05, 4.69) is 39.9 Å². The number of carbonyl (C=O) groups excluding carboxylic acids is 4. The summed E-state index contributed by atoms with van der Waals surface area (Å²) in [7, 11) is 1.47. The molecule has 4 unspecified atom stereocenters. The summed E-state index contributed by atoms with van der Waals surface area (Å²) in [6.07, 6.45) is 3.88. The number of hydrogen-bond acceptors (Lipinski definition) is 9. The quantitative estimate of drug-likeness (QED) is 0.0637. The molecule has 312 valence electrons. The number of unbranched alkanes of at least 4 members (excludes halogenated alkanes) is 1. The van der Waals surface area contributed by atoms with Crippen molar-refractivity contribution in [2.75, 3.05) is 26.7 Å². The molecule has 1 saturated heterocycles. The molecule has 0 bridgehead atoms. The van der Waals surface area contributed by atoms with E-state index in [9.17, 15) is 28.7 Å². The van der Waals surface area contributed by atoms with Gasteiger partial charge >= 0.3 is 6.09 Å². The molecule has 1 aromatic heterocycles. The lowest BCUT2D eigenvalue weighted by Gasteiger charge is -2.32. The molecule has 4 aromatic rings. The van der Waals surface area contributed by atoms with Gasteiger partial charge in [0.25, 0.3) is 0 Å². The first-order valence-corrected chi connectivity index (χ1v) is 20.2. The summed E-state index contributed by atoms with van der Waals surface area (Å²) in [5, 5.41) is 16.7. The van der Waals surface area contributed by atoms with Crippen molar-refractivity contribution in [3.63, 3.8) is 0 Å². The van der Waals surface area contributed by atoms with Gasteiger partial charge in [0.15, 0.2) is 5.78 Å². The van der Waals surface area contributed by atoms with Gasteiger partial charge in [-0.2, -0.15) is 0 Å². The van der Waals surface area contributed by atoms with Gasteiger partial charge in [0.2, 0.25) is 18.2 Å². The second kappa shape index (κ2) is 19.0. The van der Waals surface area contributed by atoms with Gasteiger partial charge in [-0.25, -0.2) is 9.18 Å². The molecule has 1 fully saturated rings. The Kier molecular flexibility index (Phi) is 13.9. The fraction of sp³-hybridized carbons (Fsp3) is 0.413. The van der Waals surface area contributed by atoms with Crippen LogP contribution in [0.25, 0.3) is 11.1 Å². The van der Waals surface area contributed by atoms with E-state index in [0.29, 0.717) is 55.5 Å². The summed E-state index contributed by atoms with van der Waals surface area (Å²) in [6.45, 7) is 7.89. The van der Waals surface area contributed by atoms with Crippen molar-refractivity contribution >= 4 is 23.7 Å². The average molecular weight is 808 g/mol. The number of fused-ring (bicyclic) bond motifs is 3. The largest absolute Gasteiger partial charge is 0.444 e. The van der Waals surface area contributed by atoms with Crippen LogP contribution in [0.4, 0.5) is 9.18 Å². The second-order valence-electron chi connectivity index (χ2n) is 16.2. The molecule has 13 heteroatoms. The summed E-state index contributed by atoms with van der Waals surface area (Å²) in [6, 6.07) is 21.2. The molecule has 0 radical (unpaired) electrons. The van der Waals surface area contributed by atoms with E-state index < -0.39 is 48.0 Å². The van der Waals surface area contributed by atoms with E-state index in [1.54, 1.807) is 44.9 Å². The fourth-order valence-corrected chi connectivity index (χ4v) is 7.71. The maximum atomic E-state index is 14.4. The van der Waals surface area contributed by atoms with E-state index >= 15 is 0 Å². The zero-order chi connectivity index (χ0) is 42.3. The smallest absolute Gasteiger partial charge is 0.410 e. The first-order chi connectivity index (χ1) is 28.2. The van der Waals surface area contributed by atoms with Gasteiger partial charge in [0.1, 0.15) is 23.5 Å². The van der Waals surface area contributed by atoms with Crippen LogP contribution in [0.2, 0.25) is 0 Å². The number of aliphatic hydroxyl groups is 1. The number of benzene rings is 3. The fourth-order valence-electron chi connectivity index (χ4n) is 7.71. The van der Waals surface area contributed by atoms with E-state index in [1.807, 2.05) is 24.3 Å². The SMILES string of the molecule is CC(C(=O)NC(CCCCNC(O)OCC1c2ccccc2-c2ccccc21)C(=O)N1CCCC1c1cncc(C(=O)c2ccc(F)cc2)c1)N(C)C(=O)OC(C)(C)C. The van der Waals surface area contributed by atoms with Crippen LogP contribution in [-0.4, -0.2) is 94.4 Å². The van der Waals surface area contributed by atoms with Gasteiger partial charge in [-0.15, -0.1) is 0 Å². The molecule has 1 aliphatic carbocycles. The number of aliphatic hydroxyl groups excluding tert-OH is 1. The summed E-state index contributed by atoms with van der Waals surface area (Å²) in [5.74, 6) is -1.58. The van der Waals surface area contributed by atoms with Crippen LogP contribution in [0.3, 0.4) is 0 Å². The maximum absolute atomic E-state index is 14.4. The molecule has 3 amide bonds. The lowest BCUT2D eigenvalue weighted by atomic mass is 9.98. The Labute approximate surface area is 345 Å². The molecule has 0 spiro atoms. The molecule has 1 aliphatic heterocycles. The van der Waals surface area contributed by atoms with Gasteiger partial charge in [-0.1, -0.05) is 48.5 Å². The number of ether oxygens (including phenoxy) is 2. The topological polar surface area (TPSA) is 150 Å². The van der Waals surface area contributed by atoms with Crippen LogP contribution in [0.1, 0.15) is 104 Å². The molecular weight excluding hydrogens is 754 g/mol.